The number of ether oxygens (including phenoxy) is 1. The second kappa shape index (κ2) is 4.75. The Morgan fingerprint density at radius 2 is 2.21 bits per heavy atom. The normalized spacial score (nSPS) is 12.6. The van der Waals surface area contributed by atoms with E-state index in [0.717, 1.165) is 5.56 Å². The number of methoxy groups -OCH3 is 1. The molecule has 0 aliphatic carbocycles. The van der Waals surface area contributed by atoms with Gasteiger partial charge in [-0.05, 0) is 47.0 Å². The van der Waals surface area contributed by atoms with Crippen LogP contribution in [0.3, 0.4) is 0 Å². The SMILES string of the molecule is COc1cc(CC(C)N)cc(Br)c1F. The Labute approximate surface area is 91.4 Å². The second-order valence-electron chi connectivity index (χ2n) is 3.28. The number of benzene rings is 1. The maximum Gasteiger partial charge on any atom is 0.179 e. The fraction of sp³-hybridized carbons (Fsp3) is 0.400. The van der Waals surface area contributed by atoms with Gasteiger partial charge in [-0.1, -0.05) is 0 Å². The van der Waals surface area contributed by atoms with E-state index in [-0.39, 0.29) is 17.6 Å². The Balaban J connectivity index is 3.03. The highest BCUT2D eigenvalue weighted by Gasteiger charge is 2.10. The molecule has 14 heavy (non-hydrogen) atoms. The fourth-order valence-corrected chi connectivity index (χ4v) is 1.74. The Morgan fingerprint density at radius 3 is 2.71 bits per heavy atom. The quantitative estimate of drug-likeness (QED) is 0.908. The van der Waals surface area contributed by atoms with Gasteiger partial charge >= 0.3 is 0 Å². The number of hydrogen-bond donors (Lipinski definition) is 1. The van der Waals surface area contributed by atoms with E-state index in [0.29, 0.717) is 10.9 Å². The molecule has 0 saturated carbocycles. The molecule has 0 amide bonds. The van der Waals surface area contributed by atoms with Crippen molar-refractivity contribution in [3.63, 3.8) is 0 Å². The molecule has 2 nitrogen and oxygen atoms in total. The van der Waals surface area contributed by atoms with Gasteiger partial charge in [0, 0.05) is 6.04 Å². The Hall–Kier alpha value is -0.610. The van der Waals surface area contributed by atoms with E-state index < -0.39 is 0 Å². The maximum atomic E-state index is 13.3. The van der Waals surface area contributed by atoms with Gasteiger partial charge in [0.15, 0.2) is 11.6 Å². The van der Waals surface area contributed by atoms with Crippen molar-refractivity contribution in [2.75, 3.05) is 7.11 Å². The van der Waals surface area contributed by atoms with Crippen molar-refractivity contribution in [2.45, 2.75) is 19.4 Å². The Kier molecular flexibility index (Phi) is 3.89. The van der Waals surface area contributed by atoms with Gasteiger partial charge in [-0.2, -0.15) is 0 Å². The van der Waals surface area contributed by atoms with E-state index in [4.69, 9.17) is 10.5 Å². The van der Waals surface area contributed by atoms with Crippen LogP contribution in [0, 0.1) is 5.82 Å². The smallest absolute Gasteiger partial charge is 0.179 e. The van der Waals surface area contributed by atoms with Crippen LogP contribution >= 0.6 is 15.9 Å². The highest BCUT2D eigenvalue weighted by molar-refractivity contribution is 9.10. The molecular formula is C10H13BrFNO. The fourth-order valence-electron chi connectivity index (χ4n) is 1.26. The van der Waals surface area contributed by atoms with Crippen molar-refractivity contribution < 1.29 is 9.13 Å². The van der Waals surface area contributed by atoms with E-state index >= 15 is 0 Å². The molecule has 78 valence electrons. The summed E-state index contributed by atoms with van der Waals surface area (Å²) in [4.78, 5) is 0. The Morgan fingerprint density at radius 1 is 1.57 bits per heavy atom. The first kappa shape index (κ1) is 11.5. The monoisotopic (exact) mass is 261 g/mol. The van der Waals surface area contributed by atoms with Crippen molar-refractivity contribution in [1.29, 1.82) is 0 Å². The number of rotatable bonds is 3. The predicted molar refractivity (Wildman–Crippen MR) is 58.0 cm³/mol. The van der Waals surface area contributed by atoms with Gasteiger partial charge < -0.3 is 10.5 Å². The lowest BCUT2D eigenvalue weighted by Gasteiger charge is -2.09. The standard InChI is InChI=1S/C10H13BrFNO/c1-6(13)3-7-4-8(11)10(12)9(5-7)14-2/h4-6H,3,13H2,1-2H3. The minimum atomic E-state index is -0.374. The van der Waals surface area contributed by atoms with E-state index in [9.17, 15) is 4.39 Å². The lowest BCUT2D eigenvalue weighted by atomic mass is 10.1. The van der Waals surface area contributed by atoms with E-state index in [2.05, 4.69) is 15.9 Å². The summed E-state index contributed by atoms with van der Waals surface area (Å²) in [6, 6.07) is 3.45. The third-order valence-electron chi connectivity index (χ3n) is 1.83. The average molecular weight is 262 g/mol. The van der Waals surface area contributed by atoms with Gasteiger partial charge in [-0.25, -0.2) is 4.39 Å². The van der Waals surface area contributed by atoms with Gasteiger partial charge in [-0.3, -0.25) is 0 Å². The number of nitrogens with two attached hydrogens (primary N) is 1. The van der Waals surface area contributed by atoms with Crippen molar-refractivity contribution in [1.82, 2.24) is 0 Å². The summed E-state index contributed by atoms with van der Waals surface area (Å²) in [5.41, 5.74) is 6.62. The molecule has 2 N–H and O–H groups in total. The van der Waals surface area contributed by atoms with Crippen molar-refractivity contribution >= 4 is 15.9 Å². The van der Waals surface area contributed by atoms with Gasteiger partial charge in [0.05, 0.1) is 11.6 Å². The first-order chi connectivity index (χ1) is 6.54. The minimum absolute atomic E-state index is 0.0528. The highest BCUT2D eigenvalue weighted by Crippen LogP contribution is 2.27. The Bertz CT molecular complexity index is 328. The average Bonchev–Trinajstić information content (AvgIpc) is 2.10. The van der Waals surface area contributed by atoms with Crippen LogP contribution in [-0.4, -0.2) is 13.2 Å². The van der Waals surface area contributed by atoms with Gasteiger partial charge in [-0.15, -0.1) is 0 Å². The molecule has 1 atom stereocenters. The molecule has 1 unspecified atom stereocenters. The lowest BCUT2D eigenvalue weighted by Crippen LogP contribution is -2.17. The van der Waals surface area contributed by atoms with Gasteiger partial charge in [0.2, 0.25) is 0 Å². The lowest BCUT2D eigenvalue weighted by molar-refractivity contribution is 0.384. The van der Waals surface area contributed by atoms with Crippen LogP contribution < -0.4 is 10.5 Å². The number of halogens is 2. The first-order valence-electron chi connectivity index (χ1n) is 4.32. The largest absolute Gasteiger partial charge is 0.494 e. The molecule has 4 heteroatoms. The topological polar surface area (TPSA) is 35.2 Å². The van der Waals surface area contributed by atoms with Gasteiger partial charge in [0.25, 0.3) is 0 Å². The zero-order valence-electron chi connectivity index (χ0n) is 8.18. The highest BCUT2D eigenvalue weighted by atomic mass is 79.9. The molecule has 0 bridgehead atoms. The molecule has 0 radical (unpaired) electrons. The third kappa shape index (κ3) is 2.69. The predicted octanol–water partition coefficient (Wildman–Crippen LogP) is 2.49. The van der Waals surface area contributed by atoms with E-state index in [1.807, 2.05) is 6.92 Å². The zero-order chi connectivity index (χ0) is 10.7. The summed E-state index contributed by atoms with van der Waals surface area (Å²) in [5, 5.41) is 0. The van der Waals surface area contributed by atoms with E-state index in [1.165, 1.54) is 7.11 Å². The second-order valence-corrected chi connectivity index (χ2v) is 4.13. The van der Waals surface area contributed by atoms with Crippen molar-refractivity contribution in [3.05, 3.63) is 28.0 Å². The van der Waals surface area contributed by atoms with Crippen molar-refractivity contribution in [2.24, 2.45) is 5.73 Å². The zero-order valence-corrected chi connectivity index (χ0v) is 9.77. The van der Waals surface area contributed by atoms with Gasteiger partial charge in [0.1, 0.15) is 0 Å². The molecule has 1 aromatic rings. The molecule has 1 rings (SSSR count). The van der Waals surface area contributed by atoms with Crippen LogP contribution in [-0.2, 0) is 6.42 Å². The maximum absolute atomic E-state index is 13.3. The molecular weight excluding hydrogens is 249 g/mol. The molecule has 0 aliphatic rings. The molecule has 0 aromatic heterocycles. The van der Waals surface area contributed by atoms with Crippen LogP contribution in [0.4, 0.5) is 4.39 Å². The summed E-state index contributed by atoms with van der Waals surface area (Å²) in [7, 11) is 1.44. The van der Waals surface area contributed by atoms with Crippen LogP contribution in [0.25, 0.3) is 0 Å². The summed E-state index contributed by atoms with van der Waals surface area (Å²) in [5.74, 6) is -0.129. The molecule has 0 aliphatic heterocycles. The molecule has 0 fully saturated rings. The molecule has 0 spiro atoms. The van der Waals surface area contributed by atoms with Crippen LogP contribution in [0.1, 0.15) is 12.5 Å². The summed E-state index contributed by atoms with van der Waals surface area (Å²) >= 11 is 3.13. The molecule has 0 saturated heterocycles. The van der Waals surface area contributed by atoms with Crippen LogP contribution in [0.5, 0.6) is 5.75 Å². The molecule has 1 aromatic carbocycles. The van der Waals surface area contributed by atoms with Crippen molar-refractivity contribution in [3.8, 4) is 5.75 Å². The molecule has 0 heterocycles. The van der Waals surface area contributed by atoms with Crippen LogP contribution in [0.2, 0.25) is 0 Å². The van der Waals surface area contributed by atoms with Crippen LogP contribution in [0.15, 0.2) is 16.6 Å². The summed E-state index contributed by atoms with van der Waals surface area (Å²) < 4.78 is 18.6. The summed E-state index contributed by atoms with van der Waals surface area (Å²) in [6.07, 6.45) is 0.704. The summed E-state index contributed by atoms with van der Waals surface area (Å²) in [6.45, 7) is 1.91. The minimum Gasteiger partial charge on any atom is -0.494 e. The third-order valence-corrected chi connectivity index (χ3v) is 2.41. The van der Waals surface area contributed by atoms with E-state index in [1.54, 1.807) is 12.1 Å². The first-order valence-corrected chi connectivity index (χ1v) is 5.11. The number of hydrogen-bond acceptors (Lipinski definition) is 2.